The molecule has 1 aliphatic carbocycles. The summed E-state index contributed by atoms with van der Waals surface area (Å²) >= 11 is 0. The van der Waals surface area contributed by atoms with Gasteiger partial charge in [0.1, 0.15) is 0 Å². The Morgan fingerprint density at radius 1 is 1.32 bits per heavy atom. The fraction of sp³-hybridized carbons (Fsp3) is 0.500. The molecule has 2 aliphatic rings. The number of hydrogen-bond acceptors (Lipinski definition) is 3. The van der Waals surface area contributed by atoms with Gasteiger partial charge in [-0.15, -0.1) is 0 Å². The predicted octanol–water partition coefficient (Wildman–Crippen LogP) is 1.80. The van der Waals surface area contributed by atoms with E-state index in [9.17, 15) is 14.4 Å². The number of imide groups is 1. The number of carbonyl (C=O) groups excluding carboxylic acids is 2. The second kappa shape index (κ2) is 6.87. The van der Waals surface area contributed by atoms with E-state index in [1.54, 1.807) is 0 Å². The lowest BCUT2D eigenvalue weighted by Gasteiger charge is -2.21. The second-order valence-corrected chi connectivity index (χ2v) is 4.84. The van der Waals surface area contributed by atoms with E-state index >= 15 is 0 Å². The molecule has 0 atom stereocenters. The van der Waals surface area contributed by atoms with Gasteiger partial charge in [-0.1, -0.05) is 25.8 Å². The van der Waals surface area contributed by atoms with Crippen LogP contribution < -0.4 is 5.32 Å². The van der Waals surface area contributed by atoms with Crippen LogP contribution in [0.2, 0.25) is 0 Å². The van der Waals surface area contributed by atoms with Crippen molar-refractivity contribution in [2.45, 2.75) is 39.0 Å². The topological polar surface area (TPSA) is 83.5 Å². The van der Waals surface area contributed by atoms with Crippen molar-refractivity contribution in [3.8, 4) is 0 Å². The van der Waals surface area contributed by atoms with Gasteiger partial charge in [0.15, 0.2) is 0 Å². The number of nitrogens with one attached hydrogen (secondary N) is 1. The quantitative estimate of drug-likeness (QED) is 0.589. The maximum Gasteiger partial charge on any atom is 0.330 e. The third kappa shape index (κ3) is 4.69. The molecule has 0 unspecified atom stereocenters. The highest BCUT2D eigenvalue weighted by molar-refractivity contribution is 6.16. The fourth-order valence-electron chi connectivity index (χ4n) is 2.14. The van der Waals surface area contributed by atoms with Gasteiger partial charge < -0.3 is 5.11 Å². The Morgan fingerprint density at radius 3 is 2.21 bits per heavy atom. The van der Waals surface area contributed by atoms with Gasteiger partial charge >= 0.3 is 5.97 Å². The average molecular weight is 265 g/mol. The van der Waals surface area contributed by atoms with E-state index in [4.69, 9.17) is 5.11 Å². The molecule has 0 saturated heterocycles. The number of aliphatic carboxylic acids is 1. The van der Waals surface area contributed by atoms with E-state index < -0.39 is 5.97 Å². The highest BCUT2D eigenvalue weighted by Crippen LogP contribution is 2.30. The van der Waals surface area contributed by atoms with Crippen molar-refractivity contribution >= 4 is 17.8 Å². The zero-order chi connectivity index (χ0) is 14.4. The Balaban J connectivity index is 0.000000258. The summed E-state index contributed by atoms with van der Waals surface area (Å²) in [6.45, 7) is 4.60. The standard InChI is InChI=1S/C10H13NO2.C4H6O2/c12-9-6-8(10(13)11-9)7-4-2-1-3-5-7;1-3(2)4(5)6/h6-7H,1-5H2,(H,11,12,13);1H2,2H3,(H,5,6). The summed E-state index contributed by atoms with van der Waals surface area (Å²) in [5.41, 5.74) is 0.889. The van der Waals surface area contributed by atoms with E-state index in [0.29, 0.717) is 11.5 Å². The van der Waals surface area contributed by atoms with E-state index in [0.717, 1.165) is 12.8 Å². The lowest BCUT2D eigenvalue weighted by atomic mass is 9.84. The summed E-state index contributed by atoms with van der Waals surface area (Å²) < 4.78 is 0. The summed E-state index contributed by atoms with van der Waals surface area (Å²) in [7, 11) is 0. The van der Waals surface area contributed by atoms with E-state index in [2.05, 4.69) is 11.9 Å². The minimum atomic E-state index is -0.935. The summed E-state index contributed by atoms with van der Waals surface area (Å²) in [4.78, 5) is 31.8. The minimum absolute atomic E-state index is 0.170. The van der Waals surface area contributed by atoms with Crippen molar-refractivity contribution in [2.75, 3.05) is 0 Å². The first-order valence-corrected chi connectivity index (χ1v) is 6.37. The molecular weight excluding hydrogens is 246 g/mol. The number of carbonyl (C=O) groups is 3. The minimum Gasteiger partial charge on any atom is -0.478 e. The van der Waals surface area contributed by atoms with Crippen LogP contribution >= 0.6 is 0 Å². The average Bonchev–Trinajstić information content (AvgIpc) is 2.70. The van der Waals surface area contributed by atoms with Gasteiger partial charge in [0, 0.05) is 17.2 Å². The Hall–Kier alpha value is -1.91. The highest BCUT2D eigenvalue weighted by Gasteiger charge is 2.28. The van der Waals surface area contributed by atoms with E-state index in [1.165, 1.54) is 32.3 Å². The number of hydrogen-bond donors (Lipinski definition) is 2. The molecule has 0 aromatic carbocycles. The zero-order valence-corrected chi connectivity index (χ0v) is 11.1. The molecule has 0 aromatic rings. The third-order valence-corrected chi connectivity index (χ3v) is 3.20. The Bertz CT molecular complexity index is 419. The van der Waals surface area contributed by atoms with Crippen molar-refractivity contribution < 1.29 is 19.5 Å². The predicted molar refractivity (Wildman–Crippen MR) is 70.3 cm³/mol. The van der Waals surface area contributed by atoms with Crippen molar-refractivity contribution in [2.24, 2.45) is 5.92 Å². The maximum absolute atomic E-state index is 11.3. The normalized spacial score (nSPS) is 19.1. The van der Waals surface area contributed by atoms with Crippen LogP contribution in [0.1, 0.15) is 39.0 Å². The third-order valence-electron chi connectivity index (χ3n) is 3.20. The van der Waals surface area contributed by atoms with Crippen LogP contribution in [0.5, 0.6) is 0 Å². The molecule has 1 fully saturated rings. The molecule has 104 valence electrons. The van der Waals surface area contributed by atoms with E-state index in [-0.39, 0.29) is 17.4 Å². The molecule has 19 heavy (non-hydrogen) atoms. The van der Waals surface area contributed by atoms with Crippen LogP contribution in [-0.4, -0.2) is 22.9 Å². The van der Waals surface area contributed by atoms with Crippen LogP contribution in [0.4, 0.5) is 0 Å². The molecule has 0 bridgehead atoms. The number of rotatable bonds is 2. The molecule has 0 radical (unpaired) electrons. The van der Waals surface area contributed by atoms with Gasteiger partial charge in [-0.05, 0) is 25.7 Å². The molecule has 2 amide bonds. The maximum atomic E-state index is 11.3. The van der Waals surface area contributed by atoms with E-state index in [1.807, 2.05) is 0 Å². The highest BCUT2D eigenvalue weighted by atomic mass is 16.4. The van der Waals surface area contributed by atoms with Crippen molar-refractivity contribution in [1.29, 1.82) is 0 Å². The molecule has 0 aromatic heterocycles. The molecule has 1 heterocycles. The van der Waals surface area contributed by atoms with Crippen molar-refractivity contribution in [3.63, 3.8) is 0 Å². The summed E-state index contributed by atoms with van der Waals surface area (Å²) in [6, 6.07) is 0. The van der Waals surface area contributed by atoms with Crippen LogP contribution in [0.3, 0.4) is 0 Å². The molecule has 1 saturated carbocycles. The van der Waals surface area contributed by atoms with Gasteiger partial charge in [0.25, 0.3) is 11.8 Å². The van der Waals surface area contributed by atoms with Gasteiger partial charge in [-0.2, -0.15) is 0 Å². The Labute approximate surface area is 112 Å². The number of carboxylic acid groups (broad SMARTS) is 1. The first kappa shape index (κ1) is 15.1. The van der Waals surface area contributed by atoms with Gasteiger partial charge in [-0.3, -0.25) is 14.9 Å². The molecule has 2 rings (SSSR count). The SMILES string of the molecule is C=C(C)C(=O)O.O=C1C=C(C2CCCCC2)C(=O)N1. The van der Waals surface area contributed by atoms with Gasteiger partial charge in [-0.25, -0.2) is 4.79 Å². The molecule has 0 spiro atoms. The lowest BCUT2D eigenvalue weighted by Crippen LogP contribution is -2.24. The molecule has 5 heteroatoms. The molecule has 1 aliphatic heterocycles. The van der Waals surface area contributed by atoms with Crippen LogP contribution in [0.15, 0.2) is 23.8 Å². The zero-order valence-electron chi connectivity index (χ0n) is 11.1. The Kier molecular flexibility index (Phi) is 5.48. The van der Waals surface area contributed by atoms with Crippen LogP contribution in [-0.2, 0) is 14.4 Å². The van der Waals surface area contributed by atoms with Crippen molar-refractivity contribution in [1.82, 2.24) is 5.32 Å². The molecule has 5 nitrogen and oxygen atoms in total. The lowest BCUT2D eigenvalue weighted by molar-refractivity contribution is -0.132. The summed E-state index contributed by atoms with van der Waals surface area (Å²) in [5, 5.41) is 10.2. The van der Waals surface area contributed by atoms with Gasteiger partial charge in [0.2, 0.25) is 0 Å². The fourth-order valence-corrected chi connectivity index (χ4v) is 2.14. The molecule has 2 N–H and O–H groups in total. The monoisotopic (exact) mass is 265 g/mol. The number of amides is 2. The largest absolute Gasteiger partial charge is 0.478 e. The first-order chi connectivity index (χ1) is 8.91. The first-order valence-electron chi connectivity index (χ1n) is 6.37. The van der Waals surface area contributed by atoms with Gasteiger partial charge in [0.05, 0.1) is 0 Å². The van der Waals surface area contributed by atoms with Crippen LogP contribution in [0, 0.1) is 5.92 Å². The second-order valence-electron chi connectivity index (χ2n) is 4.84. The Morgan fingerprint density at radius 2 is 1.84 bits per heavy atom. The summed E-state index contributed by atoms with van der Waals surface area (Å²) in [5.74, 6) is -1.02. The van der Waals surface area contributed by atoms with Crippen molar-refractivity contribution in [3.05, 3.63) is 23.8 Å². The van der Waals surface area contributed by atoms with Crippen LogP contribution in [0.25, 0.3) is 0 Å². The smallest absolute Gasteiger partial charge is 0.330 e. The molecular formula is C14H19NO4. The number of carboxylic acids is 1. The summed E-state index contributed by atoms with van der Waals surface area (Å²) in [6.07, 6.45) is 7.23.